The Hall–Kier alpha value is -4.39. The van der Waals surface area contributed by atoms with E-state index < -0.39 is 35.5 Å². The summed E-state index contributed by atoms with van der Waals surface area (Å²) in [5.74, 6) is -0.834. The first kappa shape index (κ1) is 31.5. The number of H-pyrrole nitrogens is 1. The maximum absolute atomic E-state index is 14.0. The number of rotatable bonds is 11. The summed E-state index contributed by atoms with van der Waals surface area (Å²) in [5.41, 5.74) is 7.60. The van der Waals surface area contributed by atoms with E-state index in [4.69, 9.17) is 27.4 Å². The van der Waals surface area contributed by atoms with E-state index in [9.17, 15) is 14.4 Å². The number of ether oxygens (including phenoxy) is 2. The third-order valence-electron chi connectivity index (χ3n) is 6.06. The summed E-state index contributed by atoms with van der Waals surface area (Å²) in [6.45, 7) is 5.50. The van der Waals surface area contributed by atoms with Gasteiger partial charge in [0.2, 0.25) is 5.13 Å². The number of para-hydroxylation sites is 1. The van der Waals surface area contributed by atoms with Crippen LogP contribution in [-0.2, 0) is 27.4 Å². The van der Waals surface area contributed by atoms with Crippen molar-refractivity contribution in [3.8, 4) is 5.75 Å². The number of ketones is 1. The molecule has 1 unspecified atom stereocenters. The predicted molar refractivity (Wildman–Crippen MR) is 169 cm³/mol. The monoisotopic (exact) mass is 619 g/mol. The van der Waals surface area contributed by atoms with Crippen molar-refractivity contribution in [3.05, 3.63) is 100 Å². The zero-order valence-corrected chi connectivity index (χ0v) is 25.6. The molecule has 0 aliphatic carbocycles. The highest BCUT2D eigenvalue weighted by Crippen LogP contribution is 2.24. The number of anilines is 2. The number of nitrogens with one attached hydrogen (secondary N) is 2. The second-order valence-electron chi connectivity index (χ2n) is 10.6. The lowest BCUT2D eigenvalue weighted by Gasteiger charge is -2.33. The molecule has 1 heterocycles. The number of benzene rings is 3. The van der Waals surface area contributed by atoms with Gasteiger partial charge >= 0.3 is 6.09 Å². The van der Waals surface area contributed by atoms with Crippen LogP contribution in [0.4, 0.5) is 15.6 Å². The molecule has 43 heavy (non-hydrogen) atoms. The Bertz CT molecular complexity index is 1580. The van der Waals surface area contributed by atoms with Crippen LogP contribution in [0.3, 0.4) is 0 Å². The van der Waals surface area contributed by atoms with Gasteiger partial charge in [-0.15, -0.1) is 5.10 Å². The molecule has 2 amide bonds. The first-order valence-corrected chi connectivity index (χ1v) is 14.7. The van der Waals surface area contributed by atoms with Gasteiger partial charge in [-0.25, -0.2) is 4.79 Å². The molecule has 0 fully saturated rings. The molecule has 0 saturated carbocycles. The van der Waals surface area contributed by atoms with Gasteiger partial charge in [-0.2, -0.15) is 0 Å². The summed E-state index contributed by atoms with van der Waals surface area (Å²) in [4.78, 5) is 42.2. The Morgan fingerprint density at radius 1 is 0.977 bits per heavy atom. The van der Waals surface area contributed by atoms with E-state index in [1.807, 2.05) is 42.5 Å². The Kier molecular flexibility index (Phi) is 10.4. The van der Waals surface area contributed by atoms with Crippen molar-refractivity contribution in [2.75, 3.05) is 10.2 Å². The van der Waals surface area contributed by atoms with Crippen molar-refractivity contribution in [2.24, 2.45) is 5.73 Å². The second kappa shape index (κ2) is 14.2. The smallest absolute Gasteiger partial charge is 0.415 e. The molecule has 0 aliphatic heterocycles. The second-order valence-corrected chi connectivity index (χ2v) is 12.3. The molecule has 0 spiro atoms. The first-order valence-electron chi connectivity index (χ1n) is 13.5. The molecule has 0 bridgehead atoms. The van der Waals surface area contributed by atoms with Crippen molar-refractivity contribution < 1.29 is 23.9 Å². The summed E-state index contributed by atoms with van der Waals surface area (Å²) in [6, 6.07) is 22.5. The summed E-state index contributed by atoms with van der Waals surface area (Å²) in [5, 5.41) is 9.27. The fraction of sp³-hybridized carbons (Fsp3) is 0.258. The lowest BCUT2D eigenvalue weighted by molar-refractivity contribution is -0.128. The van der Waals surface area contributed by atoms with Crippen LogP contribution in [0, 0.1) is 3.95 Å². The molecular formula is C31H33N5O5S2. The van der Waals surface area contributed by atoms with Gasteiger partial charge in [0.15, 0.2) is 15.8 Å². The zero-order valence-electron chi connectivity index (χ0n) is 24.0. The molecule has 224 valence electrons. The molecular weight excluding hydrogens is 587 g/mol. The highest BCUT2D eigenvalue weighted by molar-refractivity contribution is 7.73. The van der Waals surface area contributed by atoms with E-state index >= 15 is 0 Å². The van der Waals surface area contributed by atoms with Crippen LogP contribution in [0.5, 0.6) is 5.75 Å². The Morgan fingerprint density at radius 2 is 1.60 bits per heavy atom. The average molecular weight is 620 g/mol. The van der Waals surface area contributed by atoms with Crippen LogP contribution < -0.4 is 20.7 Å². The quantitative estimate of drug-likeness (QED) is 0.144. The lowest BCUT2D eigenvalue weighted by Crippen LogP contribution is -2.57. The highest BCUT2D eigenvalue weighted by atomic mass is 32.1. The van der Waals surface area contributed by atoms with Gasteiger partial charge < -0.3 is 15.2 Å². The minimum Gasteiger partial charge on any atom is -0.489 e. The number of aromatic amines is 1. The lowest BCUT2D eigenvalue weighted by atomic mass is 9.96. The molecule has 4 rings (SSSR count). The fourth-order valence-corrected chi connectivity index (χ4v) is 4.90. The molecule has 3 aromatic carbocycles. The van der Waals surface area contributed by atoms with Crippen LogP contribution in [0.15, 0.2) is 84.9 Å². The first-order chi connectivity index (χ1) is 20.5. The van der Waals surface area contributed by atoms with Crippen molar-refractivity contribution in [3.63, 3.8) is 0 Å². The van der Waals surface area contributed by atoms with E-state index in [2.05, 4.69) is 15.5 Å². The predicted octanol–water partition coefficient (Wildman–Crippen LogP) is 5.67. The number of amides is 2. The van der Waals surface area contributed by atoms with E-state index in [1.165, 1.54) is 0 Å². The maximum atomic E-state index is 14.0. The molecule has 1 aromatic heterocycles. The molecule has 10 nitrogen and oxygen atoms in total. The SMILES string of the molecule is CC(C)(C)OC(=O)N(c1ccccc1)C(C(=O)Nc1n[nH]c(=S)s1)C(=O)[C@@H](N)Cc1ccc(OCc2ccccc2)cc1. The Morgan fingerprint density at radius 3 is 2.19 bits per heavy atom. The highest BCUT2D eigenvalue weighted by Gasteiger charge is 2.41. The number of carbonyl (C=O) groups excluding carboxylic acids is 3. The zero-order chi connectivity index (χ0) is 31.0. The van der Waals surface area contributed by atoms with Crippen LogP contribution in [-0.4, -0.2) is 45.7 Å². The van der Waals surface area contributed by atoms with Crippen molar-refractivity contribution in [1.82, 2.24) is 10.2 Å². The topological polar surface area (TPSA) is 140 Å². The molecule has 0 saturated heterocycles. The number of nitrogens with two attached hydrogens (primary N) is 1. The third-order valence-corrected chi connectivity index (χ3v) is 7.07. The summed E-state index contributed by atoms with van der Waals surface area (Å²) >= 11 is 6.08. The van der Waals surface area contributed by atoms with E-state index in [0.29, 0.717) is 16.3 Å². The minimum atomic E-state index is -1.67. The van der Waals surface area contributed by atoms with Crippen molar-refractivity contribution in [2.45, 2.75) is 51.5 Å². The van der Waals surface area contributed by atoms with Gasteiger partial charge in [-0.3, -0.25) is 24.9 Å². The van der Waals surface area contributed by atoms with Gasteiger partial charge in [-0.05, 0) is 74.8 Å². The number of nitrogens with zero attached hydrogens (tertiary/aromatic N) is 2. The fourth-order valence-electron chi connectivity index (χ4n) is 4.11. The third kappa shape index (κ3) is 9.05. The van der Waals surface area contributed by atoms with Gasteiger partial charge in [0.1, 0.15) is 18.0 Å². The standard InChI is InChI=1S/C31H33N5O5S2/c1-31(2,3)41-30(39)36(22-12-8-5-9-13-22)25(27(38)33-28-34-35-29(42)43-28)26(37)24(32)18-20-14-16-23(17-15-20)40-19-21-10-6-4-7-11-21/h4-17,24-25H,18-19,32H2,1-3H3,(H,35,42)(H,33,34,38)/t24-,25?/m0/s1. The van der Waals surface area contributed by atoms with Crippen LogP contribution in [0.2, 0.25) is 0 Å². The van der Waals surface area contributed by atoms with E-state index in [0.717, 1.165) is 27.4 Å². The number of hydrogen-bond donors (Lipinski definition) is 3. The van der Waals surface area contributed by atoms with E-state index in [-0.39, 0.29) is 17.2 Å². The van der Waals surface area contributed by atoms with Crippen LogP contribution in [0.25, 0.3) is 0 Å². The number of aromatic nitrogens is 2. The molecule has 0 radical (unpaired) electrons. The maximum Gasteiger partial charge on any atom is 0.415 e. The van der Waals surface area contributed by atoms with E-state index in [1.54, 1.807) is 63.2 Å². The molecule has 4 N–H and O–H groups in total. The molecule has 4 aromatic rings. The van der Waals surface area contributed by atoms with Crippen LogP contribution in [0.1, 0.15) is 31.9 Å². The summed E-state index contributed by atoms with van der Waals surface area (Å²) in [6.07, 6.45) is -0.770. The van der Waals surface area contributed by atoms with Gasteiger partial charge in [0.25, 0.3) is 5.91 Å². The normalized spacial score (nSPS) is 12.6. The number of hydrogen-bond acceptors (Lipinski definition) is 9. The van der Waals surface area contributed by atoms with Gasteiger partial charge in [0.05, 0.1) is 6.04 Å². The molecule has 12 heteroatoms. The van der Waals surface area contributed by atoms with Gasteiger partial charge in [0, 0.05) is 5.69 Å². The largest absolute Gasteiger partial charge is 0.489 e. The Labute approximate surface area is 258 Å². The van der Waals surface area contributed by atoms with Crippen molar-refractivity contribution in [1.29, 1.82) is 0 Å². The van der Waals surface area contributed by atoms with Crippen molar-refractivity contribution >= 4 is 52.2 Å². The van der Waals surface area contributed by atoms with Crippen LogP contribution >= 0.6 is 23.6 Å². The Balaban J connectivity index is 1.58. The molecule has 2 atom stereocenters. The summed E-state index contributed by atoms with van der Waals surface area (Å²) < 4.78 is 11.8. The number of carbonyl (C=O) groups is 3. The summed E-state index contributed by atoms with van der Waals surface area (Å²) in [7, 11) is 0. The minimum absolute atomic E-state index is 0.111. The van der Waals surface area contributed by atoms with Gasteiger partial charge in [-0.1, -0.05) is 72.0 Å². The molecule has 0 aliphatic rings. The number of Topliss-reactive ketones (excluding diaryl/α,β-unsaturated/α-hetero) is 1. The average Bonchev–Trinajstić information content (AvgIpc) is 3.39.